The Hall–Kier alpha value is -0.303. The highest BCUT2D eigenvalue weighted by molar-refractivity contribution is 6.83. The van der Waals surface area contributed by atoms with Crippen LogP contribution in [0.5, 0.6) is 0 Å². The molecule has 1 aliphatic heterocycles. The Balaban J connectivity index is 2.29. The van der Waals surface area contributed by atoms with Gasteiger partial charge >= 0.3 is 0 Å². The normalized spacial score (nSPS) is 27.1. The summed E-state index contributed by atoms with van der Waals surface area (Å²) in [6.45, 7) is 6.88. The van der Waals surface area contributed by atoms with E-state index in [-0.39, 0.29) is 18.8 Å². The third-order valence-electron chi connectivity index (χ3n) is 2.19. The van der Waals surface area contributed by atoms with E-state index in [0.717, 1.165) is 19.3 Å². The first-order chi connectivity index (χ1) is 6.51. The van der Waals surface area contributed by atoms with Crippen LogP contribution in [-0.2, 0) is 4.74 Å². The van der Waals surface area contributed by atoms with Gasteiger partial charge in [-0.05, 0) is 12.8 Å². The van der Waals surface area contributed by atoms with Crippen molar-refractivity contribution < 1.29 is 9.84 Å². The summed E-state index contributed by atoms with van der Waals surface area (Å²) in [7, 11) is -1.22. The van der Waals surface area contributed by atoms with Crippen LogP contribution in [0.3, 0.4) is 0 Å². The summed E-state index contributed by atoms with van der Waals surface area (Å²) in [5, 5.41) is 8.88. The van der Waals surface area contributed by atoms with Crippen LogP contribution in [-0.4, -0.2) is 32.0 Å². The van der Waals surface area contributed by atoms with Crippen molar-refractivity contribution >= 4 is 8.07 Å². The molecule has 1 fully saturated rings. The van der Waals surface area contributed by atoms with Crippen LogP contribution in [0.4, 0.5) is 0 Å². The average molecular weight is 212 g/mol. The maximum absolute atomic E-state index is 8.88. The van der Waals surface area contributed by atoms with Crippen LogP contribution in [0.1, 0.15) is 19.3 Å². The second kappa shape index (κ2) is 4.97. The number of aliphatic hydroxyl groups is 1. The molecule has 80 valence electrons. The molecule has 0 aliphatic carbocycles. The van der Waals surface area contributed by atoms with E-state index in [1.165, 1.54) is 0 Å². The number of ether oxygens (including phenoxy) is 1. The maximum atomic E-state index is 8.88. The SMILES string of the molecule is C[Si](C)(C)C#CC[C@@H]1CC[C@@H](CO)O1. The monoisotopic (exact) mass is 212 g/mol. The zero-order chi connectivity index (χ0) is 10.6. The summed E-state index contributed by atoms with van der Waals surface area (Å²) in [5.74, 6) is 3.22. The van der Waals surface area contributed by atoms with Gasteiger partial charge in [-0.25, -0.2) is 0 Å². The van der Waals surface area contributed by atoms with Gasteiger partial charge in [0.15, 0.2) is 0 Å². The van der Waals surface area contributed by atoms with E-state index in [1.807, 2.05) is 0 Å². The molecular weight excluding hydrogens is 192 g/mol. The molecule has 0 amide bonds. The van der Waals surface area contributed by atoms with Crippen LogP contribution >= 0.6 is 0 Å². The third-order valence-corrected chi connectivity index (χ3v) is 3.12. The molecule has 1 N–H and O–H groups in total. The Morgan fingerprint density at radius 2 is 1.93 bits per heavy atom. The molecule has 3 heteroatoms. The minimum absolute atomic E-state index is 0.0636. The summed E-state index contributed by atoms with van der Waals surface area (Å²) < 4.78 is 5.59. The number of aliphatic hydroxyl groups excluding tert-OH is 1. The molecule has 0 radical (unpaired) electrons. The van der Waals surface area contributed by atoms with Crippen molar-refractivity contribution in [1.82, 2.24) is 0 Å². The molecule has 1 rings (SSSR count). The topological polar surface area (TPSA) is 29.5 Å². The lowest BCUT2D eigenvalue weighted by atomic mass is 10.1. The molecule has 1 heterocycles. The van der Waals surface area contributed by atoms with Crippen molar-refractivity contribution in [3.8, 4) is 11.5 Å². The maximum Gasteiger partial charge on any atom is 0.129 e. The van der Waals surface area contributed by atoms with Gasteiger partial charge in [0.2, 0.25) is 0 Å². The van der Waals surface area contributed by atoms with E-state index in [2.05, 4.69) is 31.1 Å². The van der Waals surface area contributed by atoms with Gasteiger partial charge in [0.1, 0.15) is 8.07 Å². The highest BCUT2D eigenvalue weighted by Crippen LogP contribution is 2.21. The van der Waals surface area contributed by atoms with Crippen LogP contribution in [0.15, 0.2) is 0 Å². The Kier molecular flexibility index (Phi) is 4.18. The number of rotatable bonds is 2. The standard InChI is InChI=1S/C11H20O2Si/c1-14(2,3)8-4-5-10-6-7-11(9-12)13-10/h10-12H,5-7,9H2,1-3H3/t10-,11+/m1/s1. The van der Waals surface area contributed by atoms with E-state index in [0.29, 0.717) is 0 Å². The van der Waals surface area contributed by atoms with Crippen molar-refractivity contribution in [2.24, 2.45) is 0 Å². The smallest absolute Gasteiger partial charge is 0.129 e. The average Bonchev–Trinajstić information content (AvgIpc) is 2.50. The molecule has 0 aromatic rings. The second-order valence-electron chi connectivity index (χ2n) is 4.90. The Morgan fingerprint density at radius 3 is 2.43 bits per heavy atom. The summed E-state index contributed by atoms with van der Waals surface area (Å²) >= 11 is 0. The summed E-state index contributed by atoms with van der Waals surface area (Å²) in [6.07, 6.45) is 3.19. The van der Waals surface area contributed by atoms with E-state index in [4.69, 9.17) is 9.84 Å². The molecule has 0 aromatic carbocycles. The lowest BCUT2D eigenvalue weighted by Gasteiger charge is -2.09. The minimum atomic E-state index is -1.22. The molecule has 0 saturated carbocycles. The van der Waals surface area contributed by atoms with Crippen LogP contribution in [0.2, 0.25) is 19.6 Å². The van der Waals surface area contributed by atoms with Gasteiger partial charge in [-0.3, -0.25) is 0 Å². The zero-order valence-corrected chi connectivity index (χ0v) is 10.3. The first-order valence-corrected chi connectivity index (χ1v) is 8.77. The van der Waals surface area contributed by atoms with Gasteiger partial charge in [0, 0.05) is 6.42 Å². The largest absolute Gasteiger partial charge is 0.394 e. The predicted octanol–water partition coefficient (Wildman–Crippen LogP) is 1.80. The Morgan fingerprint density at radius 1 is 1.29 bits per heavy atom. The Bertz CT molecular complexity index is 234. The first kappa shape index (κ1) is 11.8. The van der Waals surface area contributed by atoms with E-state index >= 15 is 0 Å². The molecule has 0 unspecified atom stereocenters. The highest BCUT2D eigenvalue weighted by atomic mass is 28.3. The molecule has 0 spiro atoms. The van der Waals surface area contributed by atoms with Gasteiger partial charge in [-0.15, -0.1) is 11.5 Å². The molecule has 1 aliphatic rings. The summed E-state index contributed by atoms with van der Waals surface area (Å²) in [5.41, 5.74) is 3.33. The molecule has 0 bridgehead atoms. The van der Waals surface area contributed by atoms with Crippen molar-refractivity contribution in [3.05, 3.63) is 0 Å². The molecule has 1 saturated heterocycles. The van der Waals surface area contributed by atoms with Crippen molar-refractivity contribution in [1.29, 1.82) is 0 Å². The summed E-state index contributed by atoms with van der Waals surface area (Å²) in [6, 6.07) is 0. The predicted molar refractivity (Wildman–Crippen MR) is 60.7 cm³/mol. The van der Waals surface area contributed by atoms with Crippen molar-refractivity contribution in [3.63, 3.8) is 0 Å². The quantitative estimate of drug-likeness (QED) is 0.558. The molecule has 0 aromatic heterocycles. The van der Waals surface area contributed by atoms with Crippen molar-refractivity contribution in [2.45, 2.75) is 51.1 Å². The highest BCUT2D eigenvalue weighted by Gasteiger charge is 2.23. The first-order valence-electron chi connectivity index (χ1n) is 5.27. The van der Waals surface area contributed by atoms with Crippen LogP contribution < -0.4 is 0 Å². The molecule has 2 atom stereocenters. The summed E-state index contributed by atoms with van der Waals surface area (Å²) in [4.78, 5) is 0. The zero-order valence-electron chi connectivity index (χ0n) is 9.34. The number of hydrogen-bond acceptors (Lipinski definition) is 2. The molecular formula is C11H20O2Si. The van der Waals surface area contributed by atoms with Crippen molar-refractivity contribution in [2.75, 3.05) is 6.61 Å². The van der Waals surface area contributed by atoms with E-state index in [9.17, 15) is 0 Å². The lowest BCUT2D eigenvalue weighted by Crippen LogP contribution is -2.17. The van der Waals surface area contributed by atoms with Gasteiger partial charge in [-0.2, -0.15) is 0 Å². The fourth-order valence-corrected chi connectivity index (χ4v) is 2.13. The lowest BCUT2D eigenvalue weighted by molar-refractivity contribution is 0.0142. The minimum Gasteiger partial charge on any atom is -0.394 e. The van der Waals surface area contributed by atoms with Gasteiger partial charge in [0.25, 0.3) is 0 Å². The van der Waals surface area contributed by atoms with Gasteiger partial charge < -0.3 is 9.84 Å². The van der Waals surface area contributed by atoms with E-state index in [1.54, 1.807) is 0 Å². The molecule has 2 nitrogen and oxygen atoms in total. The molecule has 14 heavy (non-hydrogen) atoms. The fourth-order valence-electron chi connectivity index (χ4n) is 1.49. The Labute approximate surface area is 87.7 Å². The van der Waals surface area contributed by atoms with E-state index < -0.39 is 8.07 Å². The van der Waals surface area contributed by atoms with Gasteiger partial charge in [0.05, 0.1) is 18.8 Å². The van der Waals surface area contributed by atoms with Gasteiger partial charge in [-0.1, -0.05) is 19.6 Å². The number of hydrogen-bond donors (Lipinski definition) is 1. The fraction of sp³-hybridized carbons (Fsp3) is 0.818. The second-order valence-corrected chi connectivity index (χ2v) is 9.65. The van der Waals surface area contributed by atoms with Crippen LogP contribution in [0.25, 0.3) is 0 Å². The van der Waals surface area contributed by atoms with Crippen LogP contribution in [0, 0.1) is 11.5 Å². The third kappa shape index (κ3) is 4.27.